The number of ether oxygens (including phenoxy) is 11. The van der Waals surface area contributed by atoms with E-state index in [0.29, 0.717) is 6.61 Å². The Morgan fingerprint density at radius 1 is 0.377 bits per heavy atom. The Kier molecular flexibility index (Phi) is 19.0. The fourth-order valence-corrected chi connectivity index (χ4v) is 8.51. The lowest BCUT2D eigenvalue weighted by molar-refractivity contribution is -0.348. The third-order valence-electron chi connectivity index (χ3n) is 12.0. The van der Waals surface area contributed by atoms with Crippen molar-refractivity contribution in [1.82, 2.24) is 0 Å². The quantitative estimate of drug-likeness (QED) is 0.0539. The molecule has 12 nitrogen and oxygen atoms in total. The van der Waals surface area contributed by atoms with Crippen LogP contribution in [-0.4, -0.2) is 87.7 Å². The number of carbonyl (C=O) groups excluding carboxylic acids is 1. The van der Waals surface area contributed by atoms with Gasteiger partial charge >= 0.3 is 5.97 Å². The van der Waals surface area contributed by atoms with Gasteiger partial charge in [0.25, 0.3) is 0 Å². The summed E-state index contributed by atoms with van der Waals surface area (Å²) in [4.78, 5) is 12.9. The van der Waals surface area contributed by atoms with E-state index >= 15 is 0 Å². The molecule has 2 aliphatic heterocycles. The maximum atomic E-state index is 12.9. The van der Waals surface area contributed by atoms with Gasteiger partial charge in [0.1, 0.15) is 42.7 Å². The number of hydrogen-bond donors (Lipinski definition) is 0. The van der Waals surface area contributed by atoms with Crippen LogP contribution >= 0.6 is 0 Å². The van der Waals surface area contributed by atoms with E-state index < -0.39 is 67.4 Å². The lowest BCUT2D eigenvalue weighted by atomic mass is 9.97. The summed E-state index contributed by atoms with van der Waals surface area (Å²) in [6, 6.07) is 59.3. The Morgan fingerprint density at radius 3 is 1.09 bits per heavy atom. The summed E-state index contributed by atoms with van der Waals surface area (Å²) in [7, 11) is 1.59. The van der Waals surface area contributed by atoms with E-state index in [9.17, 15) is 4.79 Å². The van der Waals surface area contributed by atoms with Crippen molar-refractivity contribution in [3.05, 3.63) is 215 Å². The van der Waals surface area contributed by atoms with Gasteiger partial charge in [0.05, 0.1) is 52.9 Å². The molecule has 0 amide bonds. The van der Waals surface area contributed by atoms with Crippen LogP contribution in [0.25, 0.3) is 0 Å². The number of esters is 1. The van der Waals surface area contributed by atoms with Crippen molar-refractivity contribution >= 4 is 5.97 Å². The third-order valence-corrected chi connectivity index (χ3v) is 12.0. The first-order valence-corrected chi connectivity index (χ1v) is 23.5. The van der Waals surface area contributed by atoms with Crippen LogP contribution in [0.4, 0.5) is 0 Å². The maximum Gasteiger partial charge on any atom is 0.303 e. The number of rotatable bonds is 24. The van der Waals surface area contributed by atoms with E-state index in [-0.39, 0.29) is 46.2 Å². The third kappa shape index (κ3) is 14.7. The highest BCUT2D eigenvalue weighted by Gasteiger charge is 2.53. The summed E-state index contributed by atoms with van der Waals surface area (Å²) in [5, 5.41) is 0. The van der Waals surface area contributed by atoms with E-state index in [1.54, 1.807) is 7.11 Å². The predicted octanol–water partition coefficient (Wildman–Crippen LogP) is 9.17. The minimum absolute atomic E-state index is 0.0492. The van der Waals surface area contributed by atoms with E-state index in [0.717, 1.165) is 33.4 Å². The van der Waals surface area contributed by atoms with Gasteiger partial charge in [0, 0.05) is 14.0 Å². The number of methoxy groups -OCH3 is 1. The van der Waals surface area contributed by atoms with Gasteiger partial charge in [0.2, 0.25) is 0 Å². The Bertz CT molecular complexity index is 2350. The van der Waals surface area contributed by atoms with Crippen molar-refractivity contribution in [2.24, 2.45) is 0 Å². The fourth-order valence-electron chi connectivity index (χ4n) is 8.51. The van der Waals surface area contributed by atoms with Crippen LogP contribution in [0.15, 0.2) is 182 Å². The molecule has 6 aromatic rings. The molecule has 2 aliphatic rings. The second-order valence-corrected chi connectivity index (χ2v) is 17.0. The molecule has 362 valence electrons. The molecule has 0 N–H and O–H groups in total. The van der Waals surface area contributed by atoms with E-state index in [1.807, 2.05) is 182 Å². The summed E-state index contributed by atoms with van der Waals surface area (Å²) in [6.45, 7) is 2.85. The molecular formula is C57H62O12. The molecule has 2 saturated heterocycles. The van der Waals surface area contributed by atoms with Crippen molar-refractivity contribution < 1.29 is 56.9 Å². The largest absolute Gasteiger partial charge is 0.457 e. The number of carbonyl (C=O) groups is 1. The van der Waals surface area contributed by atoms with Gasteiger partial charge in [-0.1, -0.05) is 182 Å². The van der Waals surface area contributed by atoms with Crippen molar-refractivity contribution in [2.45, 2.75) is 108 Å². The normalized spacial score (nSPS) is 24.7. The molecule has 0 aliphatic carbocycles. The minimum Gasteiger partial charge on any atom is -0.457 e. The molecule has 69 heavy (non-hydrogen) atoms. The van der Waals surface area contributed by atoms with Crippen molar-refractivity contribution in [2.75, 3.05) is 20.3 Å². The first-order valence-electron chi connectivity index (χ1n) is 23.5. The van der Waals surface area contributed by atoms with Gasteiger partial charge in [0.15, 0.2) is 18.7 Å². The molecule has 0 aromatic heterocycles. The molecule has 0 saturated carbocycles. The van der Waals surface area contributed by atoms with Crippen molar-refractivity contribution in [3.8, 4) is 0 Å². The highest BCUT2D eigenvalue weighted by atomic mass is 16.8. The van der Waals surface area contributed by atoms with Gasteiger partial charge in [-0.05, 0) is 33.4 Å². The summed E-state index contributed by atoms with van der Waals surface area (Å²) in [5.41, 5.74) is 5.75. The standard InChI is InChI=1S/C57H62O12/c1-41(58)67-51-48(39-60-33-42-21-9-3-10-22-42)69-57(55(65-38-47-31-19-8-20-32-47)53(51)63-36-45-27-15-6-16-28-45)66-40-49-50(61-34-43-23-11-4-12-24-43)52(62-35-44-25-13-5-14-26-44)54(56(59-2)68-49)64-37-46-29-17-7-18-30-46/h3-32,48-57H,33-40H2,1-2H3/t48-,49-,50-,51+,52+,53+,54-,55-,56+,57+/m1/s1. The Balaban J connectivity index is 1.12. The zero-order chi connectivity index (χ0) is 47.5. The SMILES string of the molecule is CO[C@H]1O[C@H](CO[C@H]2O[C@H](COCc3ccccc3)[C@H](OC(C)=O)[C@H](OCc3ccccc3)[C@H]2OCc2ccccc2)[C@@H](OCc2ccccc2)[C@H](OCc2ccccc2)[C@H]1OCc1ccccc1. The molecule has 0 bridgehead atoms. The second-order valence-electron chi connectivity index (χ2n) is 17.0. The maximum absolute atomic E-state index is 12.9. The first-order chi connectivity index (χ1) is 34.0. The fraction of sp³-hybridized carbons (Fsp3) is 0.351. The van der Waals surface area contributed by atoms with Gasteiger partial charge < -0.3 is 52.1 Å². The molecule has 12 heteroatoms. The van der Waals surface area contributed by atoms with Gasteiger partial charge in [-0.3, -0.25) is 4.79 Å². The number of benzene rings is 6. The first kappa shape index (κ1) is 49.8. The Labute approximate surface area is 405 Å². The zero-order valence-corrected chi connectivity index (χ0v) is 39.1. The summed E-state index contributed by atoms with van der Waals surface area (Å²) >= 11 is 0. The Hall–Kier alpha value is -5.61. The zero-order valence-electron chi connectivity index (χ0n) is 39.1. The topological polar surface area (TPSA) is 119 Å². The molecule has 6 aromatic carbocycles. The van der Waals surface area contributed by atoms with Gasteiger partial charge in [-0.25, -0.2) is 0 Å². The average molecular weight is 939 g/mol. The summed E-state index contributed by atoms with van der Waals surface area (Å²) in [6.07, 6.45) is -8.45. The average Bonchev–Trinajstić information content (AvgIpc) is 3.39. The van der Waals surface area contributed by atoms with Crippen LogP contribution in [0.3, 0.4) is 0 Å². The van der Waals surface area contributed by atoms with E-state index in [1.165, 1.54) is 6.92 Å². The highest BCUT2D eigenvalue weighted by Crippen LogP contribution is 2.35. The van der Waals surface area contributed by atoms with Crippen molar-refractivity contribution in [1.29, 1.82) is 0 Å². The molecule has 8 rings (SSSR count). The smallest absolute Gasteiger partial charge is 0.303 e. The lowest BCUT2D eigenvalue weighted by Crippen LogP contribution is -2.64. The summed E-state index contributed by atoms with van der Waals surface area (Å²) < 4.78 is 73.1. The van der Waals surface area contributed by atoms with Crippen LogP contribution in [0.1, 0.15) is 40.3 Å². The molecule has 10 atom stereocenters. The van der Waals surface area contributed by atoms with Crippen molar-refractivity contribution in [3.63, 3.8) is 0 Å². The summed E-state index contributed by atoms with van der Waals surface area (Å²) in [5.74, 6) is -0.503. The molecule has 0 unspecified atom stereocenters. The molecule has 2 heterocycles. The van der Waals surface area contributed by atoms with Gasteiger partial charge in [-0.15, -0.1) is 0 Å². The van der Waals surface area contributed by atoms with Crippen LogP contribution in [0.2, 0.25) is 0 Å². The van der Waals surface area contributed by atoms with Crippen LogP contribution in [0, 0.1) is 0 Å². The molecule has 0 spiro atoms. The van der Waals surface area contributed by atoms with Crippen LogP contribution in [0.5, 0.6) is 0 Å². The molecule has 0 radical (unpaired) electrons. The molecule has 2 fully saturated rings. The Morgan fingerprint density at radius 2 is 0.696 bits per heavy atom. The van der Waals surface area contributed by atoms with Crippen LogP contribution in [-0.2, 0) is 96.5 Å². The monoisotopic (exact) mass is 938 g/mol. The van der Waals surface area contributed by atoms with Crippen LogP contribution < -0.4 is 0 Å². The minimum atomic E-state index is -1.08. The highest BCUT2D eigenvalue weighted by molar-refractivity contribution is 5.66. The van der Waals surface area contributed by atoms with E-state index in [4.69, 9.17) is 52.1 Å². The van der Waals surface area contributed by atoms with E-state index in [2.05, 4.69) is 0 Å². The molecular weight excluding hydrogens is 877 g/mol. The van der Waals surface area contributed by atoms with Gasteiger partial charge in [-0.2, -0.15) is 0 Å². The second kappa shape index (κ2) is 26.4. The number of hydrogen-bond acceptors (Lipinski definition) is 12. The lowest BCUT2D eigenvalue weighted by Gasteiger charge is -2.47. The predicted molar refractivity (Wildman–Crippen MR) is 257 cm³/mol.